The molecule has 9 heteroatoms. The highest BCUT2D eigenvalue weighted by molar-refractivity contribution is 5.88. The molecule has 1 aliphatic rings. The van der Waals surface area contributed by atoms with Crippen molar-refractivity contribution >= 4 is 17.3 Å². The van der Waals surface area contributed by atoms with Gasteiger partial charge in [0.2, 0.25) is 0 Å². The number of carboxylic acid groups (broad SMARTS) is 1. The van der Waals surface area contributed by atoms with Crippen molar-refractivity contribution in [2.24, 2.45) is 0 Å². The van der Waals surface area contributed by atoms with Crippen molar-refractivity contribution in [1.82, 2.24) is 11.1 Å². The molecule has 1 aliphatic heterocycles. The molecule has 0 bridgehead atoms. The van der Waals surface area contributed by atoms with Crippen LogP contribution in [0.5, 0.6) is 0 Å². The first-order valence-corrected chi connectivity index (χ1v) is 6.61. The Labute approximate surface area is 127 Å². The highest BCUT2D eigenvalue weighted by atomic mass is 16.6. The van der Waals surface area contributed by atoms with E-state index < -0.39 is 10.9 Å². The second-order valence-electron chi connectivity index (χ2n) is 4.80. The molecule has 0 amide bonds. The fraction of sp³-hybridized carbons (Fsp3) is 0.462. The Morgan fingerprint density at radius 3 is 2.41 bits per heavy atom. The highest BCUT2D eigenvalue weighted by Gasteiger charge is 2.23. The van der Waals surface area contributed by atoms with E-state index >= 15 is 0 Å². The van der Waals surface area contributed by atoms with Gasteiger partial charge >= 0.3 is 0 Å². The van der Waals surface area contributed by atoms with E-state index in [2.05, 4.69) is 4.90 Å². The molecule has 0 unspecified atom stereocenters. The number of β-amino-alcohol motifs (C(OH)–C–C–N with tert-alkyl or cyclic N) is 1. The number of aliphatic hydroxyl groups excluding tert-OH is 1. The third-order valence-corrected chi connectivity index (χ3v) is 3.54. The molecule has 0 atom stereocenters. The molecule has 9 nitrogen and oxygen atoms in total. The summed E-state index contributed by atoms with van der Waals surface area (Å²) in [6.45, 7) is 3.23. The van der Waals surface area contributed by atoms with Crippen molar-refractivity contribution in [3.8, 4) is 0 Å². The predicted octanol–water partition coefficient (Wildman–Crippen LogP) is -0.551. The summed E-state index contributed by atoms with van der Waals surface area (Å²) in [6.07, 6.45) is 0. The van der Waals surface area contributed by atoms with Crippen LogP contribution >= 0.6 is 0 Å². The number of rotatable bonds is 5. The Bertz CT molecular complexity index is 543. The number of nitrogens with zero attached hydrogens (tertiary/aromatic N) is 3. The molecule has 0 radical (unpaired) electrons. The second kappa shape index (κ2) is 7.69. The van der Waals surface area contributed by atoms with Gasteiger partial charge in [0.15, 0.2) is 0 Å². The molecule has 1 aromatic rings. The lowest BCUT2D eigenvalue weighted by atomic mass is 10.1. The zero-order chi connectivity index (χ0) is 15.4. The number of aromatic carboxylic acids is 1. The monoisotopic (exact) mass is 312 g/mol. The SMILES string of the molecule is O=C([O-])c1ccc(N2CCN(CCO)CC2)c([N+](=O)[O-])c1.[NH4+]. The fourth-order valence-corrected chi connectivity index (χ4v) is 2.42. The zero-order valence-corrected chi connectivity index (χ0v) is 12.4. The minimum atomic E-state index is -1.43. The van der Waals surface area contributed by atoms with E-state index in [1.807, 2.05) is 4.90 Å². The Morgan fingerprint density at radius 1 is 1.27 bits per heavy atom. The number of carbonyl (C=O) groups excluding carboxylic acids is 1. The maximum absolute atomic E-state index is 11.1. The Balaban J connectivity index is 0.00000242. The summed E-state index contributed by atoms with van der Waals surface area (Å²) in [5, 5.41) is 30.8. The number of nitro benzene ring substituents is 1. The van der Waals surface area contributed by atoms with Crippen LogP contribution in [0.2, 0.25) is 0 Å². The normalized spacial score (nSPS) is 15.2. The second-order valence-corrected chi connectivity index (χ2v) is 4.80. The van der Waals surface area contributed by atoms with Crippen LogP contribution in [0.4, 0.5) is 11.4 Å². The van der Waals surface area contributed by atoms with Crippen molar-refractivity contribution in [2.45, 2.75) is 0 Å². The van der Waals surface area contributed by atoms with Crippen LogP contribution < -0.4 is 16.2 Å². The molecule has 1 fully saturated rings. The van der Waals surface area contributed by atoms with Crippen molar-refractivity contribution in [3.05, 3.63) is 33.9 Å². The Morgan fingerprint density at radius 2 is 1.91 bits per heavy atom. The number of hydrogen-bond acceptors (Lipinski definition) is 7. The number of hydrogen-bond donors (Lipinski definition) is 2. The molecule has 1 saturated heterocycles. The van der Waals surface area contributed by atoms with Crippen LogP contribution in [-0.2, 0) is 0 Å². The molecule has 5 N–H and O–H groups in total. The van der Waals surface area contributed by atoms with E-state index in [0.29, 0.717) is 38.4 Å². The van der Waals surface area contributed by atoms with E-state index in [4.69, 9.17) is 5.11 Å². The predicted molar refractivity (Wildman–Crippen MR) is 79.2 cm³/mol. The van der Waals surface area contributed by atoms with Crippen LogP contribution in [0.15, 0.2) is 18.2 Å². The number of anilines is 1. The van der Waals surface area contributed by atoms with Crippen LogP contribution in [0.3, 0.4) is 0 Å². The van der Waals surface area contributed by atoms with Crippen molar-refractivity contribution in [3.63, 3.8) is 0 Å². The molecule has 1 heterocycles. The van der Waals surface area contributed by atoms with Gasteiger partial charge in [0.1, 0.15) is 5.69 Å². The molecule has 1 aromatic carbocycles. The average molecular weight is 312 g/mol. The number of aliphatic hydroxyl groups is 1. The molecule has 22 heavy (non-hydrogen) atoms. The summed E-state index contributed by atoms with van der Waals surface area (Å²) < 4.78 is 0. The molecule has 0 saturated carbocycles. The third kappa shape index (κ3) is 3.91. The van der Waals surface area contributed by atoms with Gasteiger partial charge < -0.3 is 26.1 Å². The first-order valence-electron chi connectivity index (χ1n) is 6.61. The summed E-state index contributed by atoms with van der Waals surface area (Å²) >= 11 is 0. The highest BCUT2D eigenvalue weighted by Crippen LogP contribution is 2.29. The number of benzene rings is 1. The minimum Gasteiger partial charge on any atom is -0.545 e. The maximum Gasteiger partial charge on any atom is 0.293 e. The van der Waals surface area contributed by atoms with Gasteiger partial charge in [-0.3, -0.25) is 15.0 Å². The van der Waals surface area contributed by atoms with Gasteiger partial charge in [-0.15, -0.1) is 0 Å². The van der Waals surface area contributed by atoms with Crippen molar-refractivity contribution in [1.29, 1.82) is 0 Å². The van der Waals surface area contributed by atoms with Crippen molar-refractivity contribution in [2.75, 3.05) is 44.2 Å². The van der Waals surface area contributed by atoms with Gasteiger partial charge in [-0.2, -0.15) is 0 Å². The number of carbonyl (C=O) groups is 1. The minimum absolute atomic E-state index is 0. The Kier molecular flexibility index (Phi) is 6.23. The van der Waals surface area contributed by atoms with E-state index in [0.717, 1.165) is 6.07 Å². The smallest absolute Gasteiger partial charge is 0.293 e. The molecular formula is C13H20N4O5. The lowest BCUT2D eigenvalue weighted by molar-refractivity contribution is -0.384. The van der Waals surface area contributed by atoms with E-state index in [9.17, 15) is 20.0 Å². The molecular weight excluding hydrogens is 292 g/mol. The van der Waals surface area contributed by atoms with Crippen LogP contribution in [0.1, 0.15) is 10.4 Å². The largest absolute Gasteiger partial charge is 0.545 e. The van der Waals surface area contributed by atoms with Gasteiger partial charge in [-0.05, 0) is 6.07 Å². The standard InChI is InChI=1S/C13H17N3O5.H3N/c17-8-7-14-3-5-15(6-4-14)11-2-1-10(13(18)19)9-12(11)16(20)21;/h1-2,9,17H,3-8H2,(H,18,19);1H3. The quantitative estimate of drug-likeness (QED) is 0.547. The summed E-state index contributed by atoms with van der Waals surface area (Å²) in [5.74, 6) is -1.43. The summed E-state index contributed by atoms with van der Waals surface area (Å²) in [5.41, 5.74) is -0.0228. The summed E-state index contributed by atoms with van der Waals surface area (Å²) in [6, 6.07) is 3.80. The first-order chi connectivity index (χ1) is 10.0. The van der Waals surface area contributed by atoms with Gasteiger partial charge in [0.05, 0.1) is 17.5 Å². The lowest BCUT2D eigenvalue weighted by Crippen LogP contribution is -2.47. The van der Waals surface area contributed by atoms with Gasteiger partial charge in [-0.1, -0.05) is 6.07 Å². The van der Waals surface area contributed by atoms with Crippen LogP contribution in [0, 0.1) is 10.1 Å². The van der Waals surface area contributed by atoms with Crippen LogP contribution in [0.25, 0.3) is 0 Å². The number of piperazine rings is 1. The maximum atomic E-state index is 11.1. The molecule has 122 valence electrons. The Hall–Kier alpha value is -2.23. The third-order valence-electron chi connectivity index (χ3n) is 3.54. The fourth-order valence-electron chi connectivity index (χ4n) is 2.42. The van der Waals surface area contributed by atoms with Gasteiger partial charge in [-0.25, -0.2) is 0 Å². The van der Waals surface area contributed by atoms with E-state index in [1.54, 1.807) is 0 Å². The summed E-state index contributed by atoms with van der Waals surface area (Å²) in [4.78, 5) is 25.3. The first kappa shape index (κ1) is 17.8. The topological polar surface area (TPSA) is 146 Å². The summed E-state index contributed by atoms with van der Waals surface area (Å²) in [7, 11) is 0. The molecule has 2 rings (SSSR count). The molecule has 0 aromatic heterocycles. The van der Waals surface area contributed by atoms with E-state index in [1.165, 1.54) is 12.1 Å². The average Bonchev–Trinajstić information content (AvgIpc) is 2.47. The zero-order valence-electron chi connectivity index (χ0n) is 12.4. The number of quaternary nitrogens is 1. The van der Waals surface area contributed by atoms with Gasteiger partial charge in [0, 0.05) is 44.4 Å². The van der Waals surface area contributed by atoms with Crippen LogP contribution in [-0.4, -0.2) is 60.2 Å². The number of nitro groups is 1. The number of carboxylic acids is 1. The molecule has 0 spiro atoms. The van der Waals surface area contributed by atoms with E-state index in [-0.39, 0.29) is 24.0 Å². The molecule has 0 aliphatic carbocycles. The van der Waals surface area contributed by atoms with Crippen molar-refractivity contribution < 1.29 is 19.9 Å². The van der Waals surface area contributed by atoms with Gasteiger partial charge in [0.25, 0.3) is 5.69 Å². The lowest BCUT2D eigenvalue weighted by Gasteiger charge is -2.35.